The Hall–Kier alpha value is -2.86. The van der Waals surface area contributed by atoms with E-state index in [2.05, 4.69) is 10.2 Å². The third-order valence-electron chi connectivity index (χ3n) is 5.03. The van der Waals surface area contributed by atoms with Crippen molar-refractivity contribution >= 4 is 23.3 Å². The molecule has 1 aliphatic heterocycles. The topological polar surface area (TPSA) is 67.9 Å². The molecule has 154 valence electrons. The molecule has 3 rings (SSSR count). The highest BCUT2D eigenvalue weighted by atomic mass is 16.5. The number of ether oxygens (including phenoxy) is 2. The average Bonchev–Trinajstić information content (AvgIpc) is 2.75. The highest BCUT2D eigenvalue weighted by Crippen LogP contribution is 2.21. The minimum atomic E-state index is -0.857. The first-order chi connectivity index (χ1) is 14.0. The van der Waals surface area contributed by atoms with Crippen molar-refractivity contribution in [3.05, 3.63) is 60.2 Å². The largest absolute Gasteiger partial charge is 0.453 e. The molecule has 1 aliphatic rings. The second-order valence-electron chi connectivity index (χ2n) is 7.28. The van der Waals surface area contributed by atoms with Gasteiger partial charge in [-0.25, -0.2) is 0 Å². The van der Waals surface area contributed by atoms with E-state index in [1.165, 1.54) is 0 Å². The Morgan fingerprint density at radius 3 is 2.34 bits per heavy atom. The molecule has 2 aromatic carbocycles. The van der Waals surface area contributed by atoms with Gasteiger partial charge in [-0.2, -0.15) is 0 Å². The first kappa shape index (κ1) is 20.9. The van der Waals surface area contributed by atoms with Crippen molar-refractivity contribution in [1.29, 1.82) is 0 Å². The quantitative estimate of drug-likeness (QED) is 0.725. The summed E-state index contributed by atoms with van der Waals surface area (Å²) >= 11 is 0. The van der Waals surface area contributed by atoms with Gasteiger partial charge in [0.25, 0.3) is 5.91 Å². The predicted octanol–water partition coefficient (Wildman–Crippen LogP) is 3.59. The van der Waals surface area contributed by atoms with Crippen LogP contribution in [0.15, 0.2) is 54.6 Å². The molecule has 1 N–H and O–H groups in total. The summed E-state index contributed by atoms with van der Waals surface area (Å²) in [5.74, 6) is -0.691. The van der Waals surface area contributed by atoms with Crippen molar-refractivity contribution < 1.29 is 19.1 Å². The maximum absolute atomic E-state index is 12.4. The van der Waals surface area contributed by atoms with Crippen LogP contribution >= 0.6 is 0 Å². The molecule has 0 aliphatic carbocycles. The fourth-order valence-electron chi connectivity index (χ4n) is 3.27. The maximum atomic E-state index is 12.4. The van der Waals surface area contributed by atoms with E-state index in [9.17, 15) is 9.59 Å². The molecular weight excluding hydrogens is 368 g/mol. The number of carbonyl (C=O) groups is 2. The summed E-state index contributed by atoms with van der Waals surface area (Å²) in [6.07, 6.45) is -0.625. The Labute approximate surface area is 171 Å². The highest BCUT2D eigenvalue weighted by molar-refractivity contribution is 5.95. The molecule has 6 nitrogen and oxygen atoms in total. The monoisotopic (exact) mass is 396 g/mol. The van der Waals surface area contributed by atoms with Crippen LogP contribution in [-0.4, -0.2) is 44.3 Å². The molecule has 2 atom stereocenters. The number of nitrogens with one attached hydrogen (secondary N) is 1. The first-order valence-electron chi connectivity index (χ1n) is 10.0. The number of nitrogens with zero attached hydrogens (tertiary/aromatic N) is 1. The van der Waals surface area contributed by atoms with Gasteiger partial charge in [0.2, 0.25) is 0 Å². The van der Waals surface area contributed by atoms with E-state index in [4.69, 9.17) is 9.47 Å². The van der Waals surface area contributed by atoms with Gasteiger partial charge in [0.15, 0.2) is 6.10 Å². The number of rotatable bonds is 7. The summed E-state index contributed by atoms with van der Waals surface area (Å²) in [7, 11) is 0. The van der Waals surface area contributed by atoms with Crippen molar-refractivity contribution in [1.82, 2.24) is 0 Å². The predicted molar refractivity (Wildman–Crippen MR) is 113 cm³/mol. The Bertz CT molecular complexity index is 801. The van der Waals surface area contributed by atoms with E-state index in [0.29, 0.717) is 5.69 Å². The molecule has 29 heavy (non-hydrogen) atoms. The van der Waals surface area contributed by atoms with Gasteiger partial charge >= 0.3 is 5.97 Å². The third kappa shape index (κ3) is 6.06. The van der Waals surface area contributed by atoms with Gasteiger partial charge in [-0.1, -0.05) is 37.3 Å². The number of anilines is 2. The van der Waals surface area contributed by atoms with Crippen molar-refractivity contribution in [3.8, 4) is 0 Å². The van der Waals surface area contributed by atoms with Crippen LogP contribution in [0, 0.1) is 0 Å². The van der Waals surface area contributed by atoms with Gasteiger partial charge < -0.3 is 19.7 Å². The van der Waals surface area contributed by atoms with E-state index in [1.807, 2.05) is 61.5 Å². The summed E-state index contributed by atoms with van der Waals surface area (Å²) in [5, 5.41) is 2.80. The van der Waals surface area contributed by atoms with E-state index in [1.54, 1.807) is 6.92 Å². The molecule has 0 spiro atoms. The molecule has 2 aromatic rings. The van der Waals surface area contributed by atoms with Gasteiger partial charge in [-0.3, -0.25) is 9.59 Å². The molecular formula is C23H28N2O4. The smallest absolute Gasteiger partial charge is 0.307 e. The Morgan fingerprint density at radius 2 is 1.69 bits per heavy atom. The van der Waals surface area contributed by atoms with Crippen LogP contribution in [0.1, 0.15) is 31.7 Å². The Kier molecular flexibility index (Phi) is 7.25. The minimum absolute atomic E-state index is 0.0340. The highest BCUT2D eigenvalue weighted by Gasteiger charge is 2.20. The Balaban J connectivity index is 1.47. The van der Waals surface area contributed by atoms with Crippen LogP contribution in [-0.2, 0) is 19.1 Å². The second kappa shape index (κ2) is 10.1. The zero-order valence-electron chi connectivity index (χ0n) is 17.0. The molecule has 0 aromatic heterocycles. The molecule has 6 heteroatoms. The lowest BCUT2D eigenvalue weighted by atomic mass is 9.98. The molecule has 0 radical (unpaired) electrons. The standard InChI is InChI=1S/C23H28N2O4/c1-17(19-6-4-3-5-7-19)16-22(26)29-18(2)23(27)24-20-8-10-21(11-9-20)25-12-14-28-15-13-25/h3-11,17-18H,12-16H2,1-2H3,(H,24,27)/t17-,18+/m1/s1. The van der Waals surface area contributed by atoms with E-state index >= 15 is 0 Å². The van der Waals surface area contributed by atoms with E-state index in [-0.39, 0.29) is 24.2 Å². The maximum Gasteiger partial charge on any atom is 0.307 e. The van der Waals surface area contributed by atoms with E-state index < -0.39 is 6.10 Å². The summed E-state index contributed by atoms with van der Waals surface area (Å²) in [6, 6.07) is 17.4. The SMILES string of the molecule is C[C@H](OC(=O)C[C@@H](C)c1ccccc1)C(=O)Nc1ccc(N2CCOCC2)cc1. The van der Waals surface area contributed by atoms with Crippen LogP contribution in [0.5, 0.6) is 0 Å². The van der Waals surface area contributed by atoms with Gasteiger partial charge in [-0.15, -0.1) is 0 Å². The molecule has 1 saturated heterocycles. The van der Waals surface area contributed by atoms with Crippen molar-refractivity contribution in [2.45, 2.75) is 32.3 Å². The van der Waals surface area contributed by atoms with Crippen molar-refractivity contribution in [2.75, 3.05) is 36.5 Å². The van der Waals surface area contributed by atoms with Gasteiger partial charge in [0, 0.05) is 24.5 Å². The molecule has 1 fully saturated rings. The number of hydrogen-bond acceptors (Lipinski definition) is 5. The molecule has 0 saturated carbocycles. The van der Waals surface area contributed by atoms with Crippen LogP contribution in [0.25, 0.3) is 0 Å². The summed E-state index contributed by atoms with van der Waals surface area (Å²) < 4.78 is 10.7. The Morgan fingerprint density at radius 1 is 1.03 bits per heavy atom. The van der Waals surface area contributed by atoms with Gasteiger partial charge in [-0.05, 0) is 42.7 Å². The lowest BCUT2D eigenvalue weighted by Crippen LogP contribution is -2.36. The number of morpholine rings is 1. The fraction of sp³-hybridized carbons (Fsp3) is 0.391. The van der Waals surface area contributed by atoms with Crippen molar-refractivity contribution in [3.63, 3.8) is 0 Å². The second-order valence-corrected chi connectivity index (χ2v) is 7.28. The summed E-state index contributed by atoms with van der Waals surface area (Å²) in [6.45, 7) is 6.73. The molecule has 0 bridgehead atoms. The number of carbonyl (C=O) groups excluding carboxylic acids is 2. The third-order valence-corrected chi connectivity index (χ3v) is 5.03. The van der Waals surface area contributed by atoms with Crippen LogP contribution in [0.2, 0.25) is 0 Å². The molecule has 0 unspecified atom stereocenters. The number of amides is 1. The van der Waals surface area contributed by atoms with Crippen molar-refractivity contribution in [2.24, 2.45) is 0 Å². The number of hydrogen-bond donors (Lipinski definition) is 1. The fourth-order valence-corrected chi connectivity index (χ4v) is 3.27. The lowest BCUT2D eigenvalue weighted by molar-refractivity contribution is -0.153. The number of esters is 1. The zero-order chi connectivity index (χ0) is 20.6. The van der Waals surface area contributed by atoms with Crippen LogP contribution in [0.3, 0.4) is 0 Å². The van der Waals surface area contributed by atoms with Gasteiger partial charge in [0.05, 0.1) is 19.6 Å². The number of benzene rings is 2. The van der Waals surface area contributed by atoms with Gasteiger partial charge in [0.1, 0.15) is 0 Å². The average molecular weight is 396 g/mol. The normalized spacial score (nSPS) is 16.0. The molecule has 1 heterocycles. The first-order valence-corrected chi connectivity index (χ1v) is 10.0. The summed E-state index contributed by atoms with van der Waals surface area (Å²) in [4.78, 5) is 26.8. The van der Waals surface area contributed by atoms with E-state index in [0.717, 1.165) is 37.6 Å². The summed E-state index contributed by atoms with van der Waals surface area (Å²) in [5.41, 5.74) is 2.84. The lowest BCUT2D eigenvalue weighted by Gasteiger charge is -2.28. The minimum Gasteiger partial charge on any atom is -0.453 e. The molecule has 1 amide bonds. The zero-order valence-corrected chi connectivity index (χ0v) is 17.0. The van der Waals surface area contributed by atoms with Crippen LogP contribution < -0.4 is 10.2 Å². The van der Waals surface area contributed by atoms with Crippen LogP contribution in [0.4, 0.5) is 11.4 Å².